The molecule has 0 aliphatic heterocycles. The SMILES string of the molecule is Cn1ncc2c(Cn3ncc4c5sc(S(=O)(=O)Cc6ccccc6)nc5n(C)c4c3=O)cccc21. The molecule has 0 N–H and O–H groups in total. The van der Waals surface area contributed by atoms with E-state index in [1.165, 1.54) is 4.68 Å². The van der Waals surface area contributed by atoms with Gasteiger partial charge in [-0.05, 0) is 17.2 Å². The van der Waals surface area contributed by atoms with Gasteiger partial charge in [0.2, 0.25) is 14.2 Å². The highest BCUT2D eigenvalue weighted by atomic mass is 32.2. The van der Waals surface area contributed by atoms with Gasteiger partial charge >= 0.3 is 0 Å². The fourth-order valence-corrected chi connectivity index (χ4v) is 7.16. The molecular formula is C24H20N6O3S2. The molecule has 0 radical (unpaired) electrons. The van der Waals surface area contributed by atoms with Crippen LogP contribution in [-0.2, 0) is 36.2 Å². The Hall–Kier alpha value is -3.83. The third-order valence-electron chi connectivity index (χ3n) is 6.17. The molecule has 0 aliphatic rings. The molecule has 11 heteroatoms. The fourth-order valence-electron chi connectivity index (χ4n) is 4.41. The molecule has 6 rings (SSSR count). The Balaban J connectivity index is 1.42. The van der Waals surface area contributed by atoms with Crippen LogP contribution < -0.4 is 5.56 Å². The number of sulfone groups is 1. The van der Waals surface area contributed by atoms with Gasteiger partial charge in [-0.25, -0.2) is 18.1 Å². The molecule has 176 valence electrons. The summed E-state index contributed by atoms with van der Waals surface area (Å²) in [5, 5.41) is 10.3. The maximum atomic E-state index is 13.4. The van der Waals surface area contributed by atoms with Gasteiger partial charge in [-0.2, -0.15) is 10.2 Å². The second-order valence-electron chi connectivity index (χ2n) is 8.42. The summed E-state index contributed by atoms with van der Waals surface area (Å²) < 4.78 is 31.5. The molecule has 0 saturated heterocycles. The van der Waals surface area contributed by atoms with Gasteiger partial charge in [0.05, 0.1) is 34.9 Å². The van der Waals surface area contributed by atoms with Gasteiger partial charge in [-0.1, -0.05) is 42.5 Å². The summed E-state index contributed by atoms with van der Waals surface area (Å²) in [4.78, 5) is 17.8. The molecule has 0 atom stereocenters. The lowest BCUT2D eigenvalue weighted by atomic mass is 10.1. The number of thiazole rings is 1. The molecular weight excluding hydrogens is 484 g/mol. The van der Waals surface area contributed by atoms with Gasteiger partial charge in [-0.3, -0.25) is 9.48 Å². The molecule has 0 saturated carbocycles. The summed E-state index contributed by atoms with van der Waals surface area (Å²) in [5.74, 6) is -0.128. The minimum Gasteiger partial charge on any atom is -0.323 e. The lowest BCUT2D eigenvalue weighted by Gasteiger charge is -2.07. The van der Waals surface area contributed by atoms with Crippen LogP contribution in [-0.4, -0.2) is 37.5 Å². The van der Waals surface area contributed by atoms with E-state index in [9.17, 15) is 13.2 Å². The Morgan fingerprint density at radius 1 is 0.943 bits per heavy atom. The Kier molecular flexibility index (Phi) is 4.87. The number of fused-ring (bicyclic) bond motifs is 4. The van der Waals surface area contributed by atoms with E-state index in [1.54, 1.807) is 40.8 Å². The second kappa shape index (κ2) is 7.85. The fraction of sp³-hybridized carbons (Fsp3) is 0.167. The molecule has 35 heavy (non-hydrogen) atoms. The van der Waals surface area contributed by atoms with E-state index < -0.39 is 9.84 Å². The zero-order chi connectivity index (χ0) is 24.3. The first kappa shape index (κ1) is 21.7. The van der Waals surface area contributed by atoms with Crippen molar-refractivity contribution in [1.29, 1.82) is 0 Å². The highest BCUT2D eigenvalue weighted by Crippen LogP contribution is 2.34. The molecule has 0 aliphatic carbocycles. The Morgan fingerprint density at radius 2 is 1.71 bits per heavy atom. The zero-order valence-electron chi connectivity index (χ0n) is 18.9. The molecule has 2 aromatic carbocycles. The smallest absolute Gasteiger partial charge is 0.291 e. The standard InChI is InChI=1S/C24H20N6O3S2/c1-28-20-18(21-22(28)27-24(34-21)35(32,33)14-15-7-4-3-5-8-15)12-26-30(23(20)31)13-16-9-6-10-19-17(16)11-25-29(19)2/h3-12H,13-14H2,1-2H3. The number of benzene rings is 2. The van der Waals surface area contributed by atoms with E-state index in [-0.39, 0.29) is 15.7 Å². The number of rotatable bonds is 5. The Morgan fingerprint density at radius 3 is 2.51 bits per heavy atom. The molecule has 4 heterocycles. The van der Waals surface area contributed by atoms with Gasteiger partial charge in [0, 0.05) is 24.9 Å². The number of aryl methyl sites for hydroxylation is 2. The summed E-state index contributed by atoms with van der Waals surface area (Å²) in [5.41, 5.74) is 3.26. The topological polar surface area (TPSA) is 105 Å². The normalized spacial score (nSPS) is 12.3. The van der Waals surface area contributed by atoms with Crippen LogP contribution in [0.1, 0.15) is 11.1 Å². The highest BCUT2D eigenvalue weighted by Gasteiger charge is 2.25. The zero-order valence-corrected chi connectivity index (χ0v) is 20.5. The number of aromatic nitrogens is 6. The third-order valence-corrected chi connectivity index (χ3v) is 9.39. The van der Waals surface area contributed by atoms with Crippen molar-refractivity contribution >= 4 is 53.3 Å². The minimum absolute atomic E-state index is 0.0382. The van der Waals surface area contributed by atoms with E-state index in [4.69, 9.17) is 0 Å². The van der Waals surface area contributed by atoms with Gasteiger partial charge in [0.25, 0.3) is 5.56 Å². The molecule has 9 nitrogen and oxygen atoms in total. The lowest BCUT2D eigenvalue weighted by molar-refractivity contribution is 0.594. The molecule has 0 amide bonds. The second-order valence-corrected chi connectivity index (χ2v) is 11.6. The van der Waals surface area contributed by atoms with Crippen molar-refractivity contribution in [1.82, 2.24) is 29.1 Å². The maximum Gasteiger partial charge on any atom is 0.291 e. The summed E-state index contributed by atoms with van der Waals surface area (Å²) in [6, 6.07) is 14.9. The predicted octanol–water partition coefficient (Wildman–Crippen LogP) is 3.25. The van der Waals surface area contributed by atoms with Gasteiger partial charge in [0.15, 0.2) is 5.65 Å². The number of hydrogen-bond donors (Lipinski definition) is 0. The van der Waals surface area contributed by atoms with Gasteiger partial charge in [-0.15, -0.1) is 11.3 Å². The number of nitrogens with zero attached hydrogens (tertiary/aromatic N) is 6. The summed E-state index contributed by atoms with van der Waals surface area (Å²) >= 11 is 1.08. The van der Waals surface area contributed by atoms with Crippen LogP contribution in [0.3, 0.4) is 0 Å². The van der Waals surface area contributed by atoms with Crippen molar-refractivity contribution < 1.29 is 8.42 Å². The van der Waals surface area contributed by atoms with Crippen molar-refractivity contribution in [3.8, 4) is 0 Å². The first-order chi connectivity index (χ1) is 16.8. The van der Waals surface area contributed by atoms with Crippen molar-refractivity contribution in [3.05, 3.63) is 82.4 Å². The van der Waals surface area contributed by atoms with Gasteiger partial charge in [0.1, 0.15) is 5.52 Å². The van der Waals surface area contributed by atoms with Crippen LogP contribution in [0, 0.1) is 0 Å². The number of hydrogen-bond acceptors (Lipinski definition) is 7. The maximum absolute atomic E-state index is 13.4. The van der Waals surface area contributed by atoms with Crippen molar-refractivity contribution in [2.75, 3.05) is 0 Å². The largest absolute Gasteiger partial charge is 0.323 e. The lowest BCUT2D eigenvalue weighted by Crippen LogP contribution is -2.24. The van der Waals surface area contributed by atoms with Gasteiger partial charge < -0.3 is 4.57 Å². The Labute approximate surface area is 203 Å². The van der Waals surface area contributed by atoms with E-state index in [0.29, 0.717) is 33.4 Å². The minimum atomic E-state index is -3.63. The molecule has 0 unspecified atom stereocenters. The van der Waals surface area contributed by atoms with Crippen LogP contribution in [0.2, 0.25) is 0 Å². The van der Waals surface area contributed by atoms with Crippen molar-refractivity contribution in [3.63, 3.8) is 0 Å². The first-order valence-electron chi connectivity index (χ1n) is 10.8. The quantitative estimate of drug-likeness (QED) is 0.357. The van der Waals surface area contributed by atoms with Crippen LogP contribution in [0.25, 0.3) is 32.2 Å². The van der Waals surface area contributed by atoms with Crippen molar-refractivity contribution in [2.24, 2.45) is 14.1 Å². The third kappa shape index (κ3) is 3.46. The summed E-state index contributed by atoms with van der Waals surface area (Å²) in [6.45, 7) is 0.292. The highest BCUT2D eigenvalue weighted by molar-refractivity contribution is 7.92. The average Bonchev–Trinajstić information content (AvgIpc) is 3.52. The monoisotopic (exact) mass is 504 g/mol. The summed E-state index contributed by atoms with van der Waals surface area (Å²) in [6.07, 6.45) is 3.41. The first-order valence-corrected chi connectivity index (χ1v) is 13.3. The van der Waals surface area contributed by atoms with E-state index in [2.05, 4.69) is 15.2 Å². The molecule has 4 aromatic heterocycles. The van der Waals surface area contributed by atoms with E-state index >= 15 is 0 Å². The van der Waals surface area contributed by atoms with E-state index in [0.717, 1.165) is 27.8 Å². The van der Waals surface area contributed by atoms with Crippen LogP contribution >= 0.6 is 11.3 Å². The predicted molar refractivity (Wildman–Crippen MR) is 135 cm³/mol. The molecule has 0 fully saturated rings. The summed E-state index contributed by atoms with van der Waals surface area (Å²) in [7, 11) is -0.0225. The molecule has 0 spiro atoms. The van der Waals surface area contributed by atoms with E-state index in [1.807, 2.05) is 43.4 Å². The van der Waals surface area contributed by atoms with Crippen LogP contribution in [0.4, 0.5) is 0 Å². The van der Waals surface area contributed by atoms with Crippen molar-refractivity contribution in [2.45, 2.75) is 16.6 Å². The molecule has 6 aromatic rings. The van der Waals surface area contributed by atoms with Crippen LogP contribution in [0.5, 0.6) is 0 Å². The molecule has 0 bridgehead atoms. The Bertz CT molecular complexity index is 1910. The van der Waals surface area contributed by atoms with Crippen LogP contribution in [0.15, 0.2) is 70.1 Å². The average molecular weight is 505 g/mol.